The van der Waals surface area contributed by atoms with Gasteiger partial charge in [-0.1, -0.05) is 11.6 Å². The van der Waals surface area contributed by atoms with Crippen LogP contribution in [-0.2, 0) is 6.67 Å². The molecule has 1 fully saturated rings. The number of tetrazole rings is 1. The lowest BCUT2D eigenvalue weighted by molar-refractivity contribution is -0.928. The maximum absolute atomic E-state index is 5.87. The Bertz CT molecular complexity index is 530. The molecule has 0 atom stereocenters. The van der Waals surface area contributed by atoms with Crippen molar-refractivity contribution in [3.8, 4) is 11.4 Å². The maximum atomic E-state index is 5.87. The highest BCUT2D eigenvalue weighted by Gasteiger charge is 2.15. The molecule has 6 heteroatoms. The number of rotatable bonds is 3. The standard InChI is InChI=1S/C13H16ClN5/c14-12-6-4-11(5-7-12)13-15-17-19(16-13)10-18-8-2-1-3-9-18/h4-7H,1-3,8-10H2/p+1. The number of hydrogen-bond acceptors (Lipinski definition) is 3. The van der Waals surface area contributed by atoms with Crippen molar-refractivity contribution in [3.63, 3.8) is 0 Å². The lowest BCUT2D eigenvalue weighted by Crippen LogP contribution is -3.12. The van der Waals surface area contributed by atoms with E-state index in [9.17, 15) is 0 Å². The summed E-state index contributed by atoms with van der Waals surface area (Å²) in [5, 5.41) is 13.4. The lowest BCUT2D eigenvalue weighted by Gasteiger charge is -2.22. The van der Waals surface area contributed by atoms with Crippen LogP contribution >= 0.6 is 11.6 Å². The summed E-state index contributed by atoms with van der Waals surface area (Å²) >= 11 is 5.87. The van der Waals surface area contributed by atoms with Crippen molar-refractivity contribution in [2.75, 3.05) is 13.1 Å². The quantitative estimate of drug-likeness (QED) is 0.912. The third-order valence-electron chi connectivity index (χ3n) is 3.48. The van der Waals surface area contributed by atoms with Crippen molar-refractivity contribution >= 4 is 11.6 Å². The Labute approximate surface area is 117 Å². The van der Waals surface area contributed by atoms with Gasteiger partial charge in [0.05, 0.1) is 13.1 Å². The number of quaternary nitrogens is 1. The summed E-state index contributed by atoms with van der Waals surface area (Å²) in [7, 11) is 0. The smallest absolute Gasteiger partial charge is 0.205 e. The van der Waals surface area contributed by atoms with Gasteiger partial charge >= 0.3 is 0 Å². The number of benzene rings is 1. The topological polar surface area (TPSA) is 48.0 Å². The van der Waals surface area contributed by atoms with Crippen LogP contribution < -0.4 is 4.90 Å². The summed E-state index contributed by atoms with van der Waals surface area (Å²) in [5.41, 5.74) is 0.948. The second kappa shape index (κ2) is 5.67. The van der Waals surface area contributed by atoms with Gasteiger partial charge in [-0.15, -0.1) is 15.0 Å². The largest absolute Gasteiger partial charge is 0.315 e. The fourth-order valence-electron chi connectivity index (χ4n) is 2.43. The first kappa shape index (κ1) is 12.6. The normalized spacial score (nSPS) is 16.7. The molecule has 0 saturated carbocycles. The summed E-state index contributed by atoms with van der Waals surface area (Å²) < 4.78 is 0. The van der Waals surface area contributed by atoms with E-state index in [1.165, 1.54) is 37.3 Å². The summed E-state index contributed by atoms with van der Waals surface area (Å²) in [6.45, 7) is 3.22. The van der Waals surface area contributed by atoms with Crippen LogP contribution in [0.1, 0.15) is 19.3 Å². The molecule has 2 heterocycles. The van der Waals surface area contributed by atoms with Crippen LogP contribution in [0.2, 0.25) is 5.02 Å². The molecule has 1 saturated heterocycles. The molecule has 0 radical (unpaired) electrons. The van der Waals surface area contributed by atoms with Gasteiger partial charge in [-0.2, -0.15) is 0 Å². The molecule has 0 amide bonds. The Kier molecular flexibility index (Phi) is 3.75. The third-order valence-corrected chi connectivity index (χ3v) is 3.73. The number of aromatic nitrogens is 4. The fourth-order valence-corrected chi connectivity index (χ4v) is 2.56. The monoisotopic (exact) mass is 278 g/mol. The number of halogens is 1. The molecule has 1 aromatic carbocycles. The Hall–Kier alpha value is -1.46. The first-order valence-electron chi connectivity index (χ1n) is 6.68. The zero-order valence-electron chi connectivity index (χ0n) is 10.7. The second-order valence-electron chi connectivity index (χ2n) is 4.96. The zero-order chi connectivity index (χ0) is 13.1. The van der Waals surface area contributed by atoms with Crippen LogP contribution in [0.4, 0.5) is 0 Å². The van der Waals surface area contributed by atoms with E-state index in [1.807, 2.05) is 24.3 Å². The average molecular weight is 279 g/mol. The minimum absolute atomic E-state index is 0.660. The highest BCUT2D eigenvalue weighted by Crippen LogP contribution is 2.16. The van der Waals surface area contributed by atoms with Crippen LogP contribution in [0, 0.1) is 0 Å². The highest BCUT2D eigenvalue weighted by molar-refractivity contribution is 6.30. The molecule has 1 aliphatic heterocycles. The van der Waals surface area contributed by atoms with E-state index in [-0.39, 0.29) is 0 Å². The van der Waals surface area contributed by atoms with Crippen LogP contribution in [0.5, 0.6) is 0 Å². The lowest BCUT2D eigenvalue weighted by atomic mass is 10.1. The van der Waals surface area contributed by atoms with Crippen molar-refractivity contribution in [3.05, 3.63) is 29.3 Å². The number of likely N-dealkylation sites (tertiary alicyclic amines) is 1. The molecule has 3 rings (SSSR count). The van der Waals surface area contributed by atoms with Crippen molar-refractivity contribution < 1.29 is 4.90 Å². The predicted molar refractivity (Wildman–Crippen MR) is 72.8 cm³/mol. The van der Waals surface area contributed by atoms with Gasteiger partial charge in [0.15, 0.2) is 6.67 Å². The van der Waals surface area contributed by atoms with Crippen molar-refractivity contribution in [2.24, 2.45) is 0 Å². The number of nitrogens with zero attached hydrogens (tertiary/aromatic N) is 4. The van der Waals surface area contributed by atoms with Crippen molar-refractivity contribution in [2.45, 2.75) is 25.9 Å². The molecule has 100 valence electrons. The van der Waals surface area contributed by atoms with Gasteiger partial charge in [-0.25, -0.2) is 0 Å². The SMILES string of the molecule is Clc1ccc(-c2nnn(C[NH+]3CCCCC3)n2)cc1. The van der Waals surface area contributed by atoms with Gasteiger partial charge < -0.3 is 4.90 Å². The van der Waals surface area contributed by atoms with Gasteiger partial charge in [0.2, 0.25) is 5.82 Å². The first-order valence-corrected chi connectivity index (χ1v) is 7.06. The highest BCUT2D eigenvalue weighted by atomic mass is 35.5. The summed E-state index contributed by atoms with van der Waals surface area (Å²) in [6.07, 6.45) is 3.95. The van der Waals surface area contributed by atoms with E-state index in [1.54, 1.807) is 4.80 Å². The molecule has 1 N–H and O–H groups in total. The van der Waals surface area contributed by atoms with E-state index in [0.717, 1.165) is 12.2 Å². The Morgan fingerprint density at radius 3 is 2.58 bits per heavy atom. The molecule has 5 nitrogen and oxygen atoms in total. The Morgan fingerprint density at radius 2 is 1.84 bits per heavy atom. The van der Waals surface area contributed by atoms with Crippen LogP contribution in [0.15, 0.2) is 24.3 Å². The average Bonchev–Trinajstić information content (AvgIpc) is 2.89. The van der Waals surface area contributed by atoms with Crippen LogP contribution in [0.3, 0.4) is 0 Å². The molecule has 0 spiro atoms. The summed E-state index contributed by atoms with van der Waals surface area (Å²) in [5.74, 6) is 0.660. The molecule has 19 heavy (non-hydrogen) atoms. The number of hydrogen-bond donors (Lipinski definition) is 1. The molecule has 0 bridgehead atoms. The molecule has 2 aromatic rings. The first-order chi connectivity index (χ1) is 9.31. The molecule has 0 aliphatic carbocycles. The van der Waals surface area contributed by atoms with Crippen molar-refractivity contribution in [1.82, 2.24) is 20.2 Å². The molecule has 1 aliphatic rings. The minimum atomic E-state index is 0.660. The molecule has 0 unspecified atom stereocenters. The fraction of sp³-hybridized carbons (Fsp3) is 0.462. The van der Waals surface area contributed by atoms with Gasteiger partial charge in [0.1, 0.15) is 0 Å². The molecular weight excluding hydrogens is 262 g/mol. The van der Waals surface area contributed by atoms with Gasteiger partial charge in [0.25, 0.3) is 0 Å². The number of piperidine rings is 1. The maximum Gasteiger partial charge on any atom is 0.205 e. The van der Waals surface area contributed by atoms with E-state index >= 15 is 0 Å². The van der Waals surface area contributed by atoms with Gasteiger partial charge in [-0.3, -0.25) is 0 Å². The second-order valence-corrected chi connectivity index (χ2v) is 5.40. The zero-order valence-corrected chi connectivity index (χ0v) is 11.5. The number of nitrogens with one attached hydrogen (secondary N) is 1. The third kappa shape index (κ3) is 3.11. The van der Waals surface area contributed by atoms with Gasteiger partial charge in [-0.05, 0) is 48.7 Å². The molecule has 1 aromatic heterocycles. The van der Waals surface area contributed by atoms with E-state index in [4.69, 9.17) is 11.6 Å². The molecular formula is C13H17ClN5+. The van der Waals surface area contributed by atoms with E-state index in [2.05, 4.69) is 15.4 Å². The predicted octanol–water partition coefficient (Wildman–Crippen LogP) is 1.02. The van der Waals surface area contributed by atoms with E-state index < -0.39 is 0 Å². The summed E-state index contributed by atoms with van der Waals surface area (Å²) in [4.78, 5) is 3.23. The minimum Gasteiger partial charge on any atom is -0.315 e. The van der Waals surface area contributed by atoms with Crippen LogP contribution in [0.25, 0.3) is 11.4 Å². The Morgan fingerprint density at radius 1 is 1.11 bits per heavy atom. The van der Waals surface area contributed by atoms with Gasteiger partial charge in [0, 0.05) is 10.6 Å². The van der Waals surface area contributed by atoms with E-state index in [0.29, 0.717) is 10.8 Å². The Balaban J connectivity index is 1.70. The summed E-state index contributed by atoms with van der Waals surface area (Å²) in [6, 6.07) is 7.51. The van der Waals surface area contributed by atoms with Crippen molar-refractivity contribution in [1.29, 1.82) is 0 Å². The van der Waals surface area contributed by atoms with Crippen LogP contribution in [-0.4, -0.2) is 33.3 Å².